The Bertz CT molecular complexity index is 397. The summed E-state index contributed by atoms with van der Waals surface area (Å²) in [6.45, 7) is 8.81. The number of nitrogens with zero attached hydrogens (tertiary/aromatic N) is 2. The molecule has 1 saturated heterocycles. The Labute approximate surface area is 124 Å². The molecule has 1 aromatic heterocycles. The summed E-state index contributed by atoms with van der Waals surface area (Å²) in [5, 5.41) is 3.62. The van der Waals surface area contributed by atoms with Crippen molar-refractivity contribution in [3.63, 3.8) is 0 Å². The smallest absolute Gasteiger partial charge is 0.128 e. The largest absolute Gasteiger partial charge is 0.352 e. The van der Waals surface area contributed by atoms with Crippen LogP contribution in [0.15, 0.2) is 22.8 Å². The van der Waals surface area contributed by atoms with Crippen molar-refractivity contribution >= 4 is 21.7 Å². The Kier molecular flexibility index (Phi) is 4.85. The van der Waals surface area contributed by atoms with Gasteiger partial charge in [0.2, 0.25) is 0 Å². The molecule has 0 amide bonds. The van der Waals surface area contributed by atoms with Crippen molar-refractivity contribution in [2.24, 2.45) is 0 Å². The average molecular weight is 326 g/mol. The van der Waals surface area contributed by atoms with Crippen molar-refractivity contribution in [3.8, 4) is 0 Å². The molecule has 0 spiro atoms. The molecule has 0 bridgehead atoms. The van der Waals surface area contributed by atoms with Gasteiger partial charge in [0.1, 0.15) is 5.82 Å². The molecular weight excluding hydrogens is 302 g/mol. The normalized spacial score (nSPS) is 20.6. The highest BCUT2D eigenvalue weighted by Gasteiger charge is 2.24. The highest BCUT2D eigenvalue weighted by Crippen LogP contribution is 2.24. The molecule has 2 rings (SSSR count). The minimum atomic E-state index is 0.177. The zero-order valence-corrected chi connectivity index (χ0v) is 13.7. The Morgan fingerprint density at radius 3 is 2.79 bits per heavy atom. The van der Waals surface area contributed by atoms with Gasteiger partial charge in [0, 0.05) is 35.3 Å². The first-order chi connectivity index (χ1) is 8.96. The van der Waals surface area contributed by atoms with Crippen molar-refractivity contribution in [2.45, 2.75) is 51.6 Å². The van der Waals surface area contributed by atoms with Crippen molar-refractivity contribution < 1.29 is 0 Å². The van der Waals surface area contributed by atoms with E-state index in [1.54, 1.807) is 0 Å². The van der Waals surface area contributed by atoms with Gasteiger partial charge >= 0.3 is 0 Å². The number of rotatable bonds is 3. The van der Waals surface area contributed by atoms with Gasteiger partial charge in [-0.25, -0.2) is 4.98 Å². The molecule has 1 atom stereocenters. The number of piperidine rings is 1. The molecule has 2 heterocycles. The van der Waals surface area contributed by atoms with Crippen molar-refractivity contribution in [3.05, 3.63) is 22.8 Å². The van der Waals surface area contributed by atoms with E-state index in [4.69, 9.17) is 0 Å². The molecule has 0 aromatic carbocycles. The molecule has 1 aliphatic rings. The summed E-state index contributed by atoms with van der Waals surface area (Å²) in [5.74, 6) is 1.10. The van der Waals surface area contributed by atoms with E-state index in [-0.39, 0.29) is 5.54 Å². The van der Waals surface area contributed by atoms with Crippen LogP contribution in [-0.2, 0) is 0 Å². The van der Waals surface area contributed by atoms with Crippen LogP contribution >= 0.6 is 15.9 Å². The molecule has 1 N–H and O–H groups in total. The van der Waals surface area contributed by atoms with Crippen LogP contribution in [0.2, 0.25) is 0 Å². The van der Waals surface area contributed by atoms with Crippen LogP contribution in [0, 0.1) is 0 Å². The van der Waals surface area contributed by atoms with E-state index < -0.39 is 0 Å². The highest BCUT2D eigenvalue weighted by atomic mass is 79.9. The summed E-state index contributed by atoms with van der Waals surface area (Å²) >= 11 is 3.45. The molecule has 19 heavy (non-hydrogen) atoms. The second-order valence-electron chi connectivity index (χ2n) is 6.31. The summed E-state index contributed by atoms with van der Waals surface area (Å²) in [6.07, 6.45) is 5.73. The monoisotopic (exact) mass is 325 g/mol. The Hall–Kier alpha value is -0.610. The van der Waals surface area contributed by atoms with Crippen LogP contribution in [0.1, 0.15) is 40.0 Å². The maximum absolute atomic E-state index is 4.55. The molecule has 1 fully saturated rings. The minimum Gasteiger partial charge on any atom is -0.352 e. The number of aromatic nitrogens is 1. The maximum Gasteiger partial charge on any atom is 0.128 e. The second kappa shape index (κ2) is 6.23. The molecule has 1 aliphatic heterocycles. The van der Waals surface area contributed by atoms with E-state index in [0.717, 1.165) is 23.4 Å². The van der Waals surface area contributed by atoms with Gasteiger partial charge in [-0.2, -0.15) is 0 Å². The third-order valence-electron chi connectivity index (χ3n) is 3.50. The van der Waals surface area contributed by atoms with Crippen LogP contribution in [0.5, 0.6) is 0 Å². The van der Waals surface area contributed by atoms with Crippen molar-refractivity contribution in [2.75, 3.05) is 18.0 Å². The Balaban J connectivity index is 2.05. The lowest BCUT2D eigenvalue weighted by molar-refractivity contribution is 0.365. The van der Waals surface area contributed by atoms with Gasteiger partial charge in [0.15, 0.2) is 0 Å². The first kappa shape index (κ1) is 14.8. The molecular formula is C15H24BrN3. The third kappa shape index (κ3) is 4.46. The molecule has 1 unspecified atom stereocenters. The first-order valence-corrected chi connectivity index (χ1v) is 7.88. The summed E-state index contributed by atoms with van der Waals surface area (Å²) in [4.78, 5) is 7.00. The summed E-state index contributed by atoms with van der Waals surface area (Å²) in [5.41, 5.74) is 0.177. The van der Waals surface area contributed by atoms with E-state index in [9.17, 15) is 0 Å². The van der Waals surface area contributed by atoms with Gasteiger partial charge in [0.05, 0.1) is 0 Å². The summed E-state index contributed by atoms with van der Waals surface area (Å²) in [6, 6.07) is 4.74. The van der Waals surface area contributed by atoms with Crippen LogP contribution in [0.25, 0.3) is 0 Å². The molecule has 3 nitrogen and oxygen atoms in total. The van der Waals surface area contributed by atoms with Crippen LogP contribution in [0.4, 0.5) is 5.82 Å². The zero-order valence-electron chi connectivity index (χ0n) is 12.1. The highest BCUT2D eigenvalue weighted by molar-refractivity contribution is 9.10. The van der Waals surface area contributed by atoms with Gasteiger partial charge in [0.25, 0.3) is 0 Å². The molecule has 106 valence electrons. The molecule has 4 heteroatoms. The van der Waals surface area contributed by atoms with E-state index in [2.05, 4.69) is 64.0 Å². The fourth-order valence-corrected chi connectivity index (χ4v) is 2.71. The average Bonchev–Trinajstić information content (AvgIpc) is 2.37. The van der Waals surface area contributed by atoms with E-state index in [0.29, 0.717) is 6.04 Å². The SMILES string of the molecule is CC(C)(C)NCC1CCCCN1c1ccc(Br)cn1. The number of anilines is 1. The van der Waals surface area contributed by atoms with E-state index in [1.165, 1.54) is 19.3 Å². The van der Waals surface area contributed by atoms with Gasteiger partial charge in [-0.3, -0.25) is 0 Å². The van der Waals surface area contributed by atoms with Gasteiger partial charge < -0.3 is 10.2 Å². The number of pyridine rings is 1. The summed E-state index contributed by atoms with van der Waals surface area (Å²) in [7, 11) is 0. The number of hydrogen-bond donors (Lipinski definition) is 1. The Morgan fingerprint density at radius 2 is 2.16 bits per heavy atom. The van der Waals surface area contributed by atoms with E-state index >= 15 is 0 Å². The molecule has 0 saturated carbocycles. The van der Waals surface area contributed by atoms with E-state index in [1.807, 2.05) is 6.20 Å². The van der Waals surface area contributed by atoms with Gasteiger partial charge in [-0.1, -0.05) is 0 Å². The standard InChI is InChI=1S/C15H24BrN3/c1-15(2,3)18-11-13-6-4-5-9-19(13)14-8-7-12(16)10-17-14/h7-8,10,13,18H,4-6,9,11H2,1-3H3. The number of nitrogens with one attached hydrogen (secondary N) is 1. The second-order valence-corrected chi connectivity index (χ2v) is 7.22. The van der Waals surface area contributed by atoms with Gasteiger partial charge in [-0.05, 0) is 68.1 Å². The Morgan fingerprint density at radius 1 is 1.37 bits per heavy atom. The molecule has 0 aliphatic carbocycles. The van der Waals surface area contributed by atoms with Crippen molar-refractivity contribution in [1.82, 2.24) is 10.3 Å². The minimum absolute atomic E-state index is 0.177. The lowest BCUT2D eigenvalue weighted by Crippen LogP contribution is -2.50. The third-order valence-corrected chi connectivity index (χ3v) is 3.97. The van der Waals surface area contributed by atoms with Crippen LogP contribution in [-0.4, -0.2) is 29.7 Å². The predicted octanol–water partition coefficient (Wildman–Crippen LogP) is 3.59. The van der Waals surface area contributed by atoms with Crippen LogP contribution in [0.3, 0.4) is 0 Å². The maximum atomic E-state index is 4.55. The molecule has 1 aromatic rings. The van der Waals surface area contributed by atoms with Crippen LogP contribution < -0.4 is 10.2 Å². The molecule has 0 radical (unpaired) electrons. The zero-order chi connectivity index (χ0) is 13.9. The topological polar surface area (TPSA) is 28.2 Å². The fourth-order valence-electron chi connectivity index (χ4n) is 2.48. The summed E-state index contributed by atoms with van der Waals surface area (Å²) < 4.78 is 1.04. The predicted molar refractivity (Wildman–Crippen MR) is 84.7 cm³/mol. The van der Waals surface area contributed by atoms with Crippen molar-refractivity contribution in [1.29, 1.82) is 0 Å². The lowest BCUT2D eigenvalue weighted by atomic mass is 10.0. The number of hydrogen-bond acceptors (Lipinski definition) is 3. The lowest BCUT2D eigenvalue weighted by Gasteiger charge is -2.38. The quantitative estimate of drug-likeness (QED) is 0.920. The van der Waals surface area contributed by atoms with Gasteiger partial charge in [-0.15, -0.1) is 0 Å². The first-order valence-electron chi connectivity index (χ1n) is 7.09. The number of halogens is 1. The fraction of sp³-hybridized carbons (Fsp3) is 0.667.